The average molecular weight is 337 g/mol. The number of anilines is 1. The van der Waals surface area contributed by atoms with E-state index >= 15 is 0 Å². The van der Waals surface area contributed by atoms with Crippen LogP contribution in [0.25, 0.3) is 0 Å². The lowest BCUT2D eigenvalue weighted by molar-refractivity contribution is -0.117. The number of carbonyl (C=O) groups is 1. The molecule has 2 aromatic rings. The van der Waals surface area contributed by atoms with Gasteiger partial charge in [-0.25, -0.2) is 0 Å². The molecule has 5 heteroatoms. The van der Waals surface area contributed by atoms with E-state index in [4.69, 9.17) is 0 Å². The minimum atomic E-state index is -0.278. The first-order valence-corrected chi connectivity index (χ1v) is 7.72. The SMILES string of the molecule is CC(NC1C(=O)Nc2cc(Br)ccc21)c1cccs1. The van der Waals surface area contributed by atoms with Gasteiger partial charge in [-0.2, -0.15) is 0 Å². The lowest BCUT2D eigenvalue weighted by Gasteiger charge is -2.17. The van der Waals surface area contributed by atoms with Crippen LogP contribution in [0.3, 0.4) is 0 Å². The number of thiophene rings is 1. The number of nitrogens with one attached hydrogen (secondary N) is 2. The molecule has 3 nitrogen and oxygen atoms in total. The number of benzene rings is 1. The van der Waals surface area contributed by atoms with E-state index in [2.05, 4.69) is 39.6 Å². The standard InChI is InChI=1S/C14H13BrN2OS/c1-8(12-3-2-6-19-12)16-13-10-5-4-9(15)7-11(10)17-14(13)18/h2-8,13,16H,1H3,(H,17,18). The summed E-state index contributed by atoms with van der Waals surface area (Å²) in [5, 5.41) is 8.35. The van der Waals surface area contributed by atoms with Crippen LogP contribution in [-0.2, 0) is 4.79 Å². The van der Waals surface area contributed by atoms with Crippen molar-refractivity contribution in [1.82, 2.24) is 5.32 Å². The largest absolute Gasteiger partial charge is 0.324 e. The van der Waals surface area contributed by atoms with Crippen molar-refractivity contribution in [3.05, 3.63) is 50.6 Å². The Bertz CT molecular complexity index is 612. The summed E-state index contributed by atoms with van der Waals surface area (Å²) in [7, 11) is 0. The third kappa shape index (κ3) is 2.45. The highest BCUT2D eigenvalue weighted by Crippen LogP contribution is 2.34. The van der Waals surface area contributed by atoms with Crippen LogP contribution >= 0.6 is 27.3 Å². The predicted octanol–water partition coefficient (Wildman–Crippen LogP) is 3.85. The normalized spacial score (nSPS) is 19.1. The van der Waals surface area contributed by atoms with Crippen LogP contribution in [0.5, 0.6) is 0 Å². The molecule has 19 heavy (non-hydrogen) atoms. The number of rotatable bonds is 3. The first kappa shape index (κ1) is 12.8. The van der Waals surface area contributed by atoms with Crippen molar-refractivity contribution in [2.75, 3.05) is 5.32 Å². The molecule has 1 aliphatic rings. The zero-order valence-electron chi connectivity index (χ0n) is 10.3. The van der Waals surface area contributed by atoms with Crippen molar-refractivity contribution in [3.8, 4) is 0 Å². The third-order valence-electron chi connectivity index (χ3n) is 3.23. The fraction of sp³-hybridized carbons (Fsp3) is 0.214. The van der Waals surface area contributed by atoms with E-state index in [1.165, 1.54) is 4.88 Å². The van der Waals surface area contributed by atoms with Crippen LogP contribution in [0.15, 0.2) is 40.2 Å². The Balaban J connectivity index is 1.84. The van der Waals surface area contributed by atoms with E-state index < -0.39 is 0 Å². The topological polar surface area (TPSA) is 41.1 Å². The Morgan fingerprint density at radius 3 is 3.00 bits per heavy atom. The molecule has 1 aromatic carbocycles. The lowest BCUT2D eigenvalue weighted by atomic mass is 10.1. The second-order valence-corrected chi connectivity index (χ2v) is 6.45. The summed E-state index contributed by atoms with van der Waals surface area (Å²) < 4.78 is 0.971. The number of hydrogen-bond acceptors (Lipinski definition) is 3. The zero-order valence-corrected chi connectivity index (χ0v) is 12.7. The first-order valence-electron chi connectivity index (χ1n) is 6.05. The van der Waals surface area contributed by atoms with Crippen molar-refractivity contribution in [2.24, 2.45) is 0 Å². The molecule has 2 N–H and O–H groups in total. The molecule has 2 atom stereocenters. The van der Waals surface area contributed by atoms with Gasteiger partial charge in [0, 0.05) is 26.6 Å². The maximum atomic E-state index is 12.1. The zero-order chi connectivity index (χ0) is 13.4. The predicted molar refractivity (Wildman–Crippen MR) is 81.4 cm³/mol. The van der Waals surface area contributed by atoms with E-state index in [0.29, 0.717) is 0 Å². The van der Waals surface area contributed by atoms with E-state index in [-0.39, 0.29) is 18.0 Å². The van der Waals surface area contributed by atoms with Crippen LogP contribution in [0.2, 0.25) is 0 Å². The Kier molecular flexibility index (Phi) is 3.43. The molecule has 1 aliphatic heterocycles. The third-order valence-corrected chi connectivity index (χ3v) is 4.78. The Hall–Kier alpha value is -1.17. The molecule has 1 amide bonds. The molecule has 0 saturated carbocycles. The summed E-state index contributed by atoms with van der Waals surface area (Å²) in [6, 6.07) is 9.87. The summed E-state index contributed by atoms with van der Waals surface area (Å²) in [5.74, 6) is 0.0107. The number of carbonyl (C=O) groups excluding carboxylic acids is 1. The monoisotopic (exact) mass is 336 g/mol. The second-order valence-electron chi connectivity index (χ2n) is 4.56. The highest BCUT2D eigenvalue weighted by molar-refractivity contribution is 9.10. The maximum absolute atomic E-state index is 12.1. The minimum Gasteiger partial charge on any atom is -0.324 e. The van der Waals surface area contributed by atoms with E-state index in [0.717, 1.165) is 15.7 Å². The Morgan fingerprint density at radius 1 is 1.42 bits per heavy atom. The molecule has 0 spiro atoms. The van der Waals surface area contributed by atoms with Crippen LogP contribution in [0.4, 0.5) is 5.69 Å². The quantitative estimate of drug-likeness (QED) is 0.893. The smallest absolute Gasteiger partial charge is 0.246 e. The van der Waals surface area contributed by atoms with Crippen LogP contribution in [0.1, 0.15) is 29.4 Å². The lowest BCUT2D eigenvalue weighted by Crippen LogP contribution is -2.29. The van der Waals surface area contributed by atoms with Crippen molar-refractivity contribution in [1.29, 1.82) is 0 Å². The molecule has 0 radical (unpaired) electrons. The molecule has 1 aromatic heterocycles. The number of halogens is 1. The summed E-state index contributed by atoms with van der Waals surface area (Å²) in [5.41, 5.74) is 1.90. The van der Waals surface area contributed by atoms with Crippen LogP contribution < -0.4 is 10.6 Å². The van der Waals surface area contributed by atoms with Crippen molar-refractivity contribution < 1.29 is 4.79 Å². The first-order chi connectivity index (χ1) is 9.15. The highest BCUT2D eigenvalue weighted by atomic mass is 79.9. The fourth-order valence-corrected chi connectivity index (χ4v) is 3.37. The van der Waals surface area contributed by atoms with Crippen molar-refractivity contribution in [3.63, 3.8) is 0 Å². The molecular weight excluding hydrogens is 324 g/mol. The van der Waals surface area contributed by atoms with Gasteiger partial charge in [-0.05, 0) is 30.5 Å². The number of amides is 1. The van der Waals surface area contributed by atoms with Gasteiger partial charge < -0.3 is 5.32 Å². The highest BCUT2D eigenvalue weighted by Gasteiger charge is 2.31. The number of fused-ring (bicyclic) bond motifs is 1. The van der Waals surface area contributed by atoms with E-state index in [1.807, 2.05) is 29.6 Å². The van der Waals surface area contributed by atoms with E-state index in [1.54, 1.807) is 11.3 Å². The summed E-state index contributed by atoms with van der Waals surface area (Å²) >= 11 is 5.11. The van der Waals surface area contributed by atoms with Gasteiger partial charge in [-0.3, -0.25) is 10.1 Å². The Labute approximate surface area is 124 Å². The van der Waals surface area contributed by atoms with Crippen LogP contribution in [0, 0.1) is 0 Å². The molecular formula is C14H13BrN2OS. The van der Waals surface area contributed by atoms with Gasteiger partial charge in [0.25, 0.3) is 0 Å². The van der Waals surface area contributed by atoms with Crippen molar-refractivity contribution >= 4 is 38.9 Å². The number of hydrogen-bond donors (Lipinski definition) is 2. The van der Waals surface area contributed by atoms with Gasteiger partial charge in [-0.1, -0.05) is 28.1 Å². The fourth-order valence-electron chi connectivity index (χ4n) is 2.27. The Morgan fingerprint density at radius 2 is 2.26 bits per heavy atom. The molecule has 0 fully saturated rings. The molecule has 98 valence electrons. The summed E-state index contributed by atoms with van der Waals surface area (Å²) in [6.45, 7) is 2.08. The van der Waals surface area contributed by atoms with Gasteiger partial charge in [0.05, 0.1) is 0 Å². The van der Waals surface area contributed by atoms with Crippen LogP contribution in [-0.4, -0.2) is 5.91 Å². The molecule has 0 aliphatic carbocycles. The van der Waals surface area contributed by atoms with Crippen molar-refractivity contribution in [2.45, 2.75) is 19.0 Å². The molecule has 0 saturated heterocycles. The second kappa shape index (κ2) is 5.07. The minimum absolute atomic E-state index is 0.0107. The van der Waals surface area contributed by atoms with Gasteiger partial charge >= 0.3 is 0 Å². The summed E-state index contributed by atoms with van der Waals surface area (Å²) in [4.78, 5) is 13.3. The average Bonchev–Trinajstić information content (AvgIpc) is 2.98. The summed E-state index contributed by atoms with van der Waals surface area (Å²) in [6.07, 6.45) is 0. The van der Waals surface area contributed by atoms with E-state index in [9.17, 15) is 4.79 Å². The van der Waals surface area contributed by atoms with Gasteiger partial charge in [-0.15, -0.1) is 11.3 Å². The molecule has 2 unspecified atom stereocenters. The van der Waals surface area contributed by atoms with Gasteiger partial charge in [0.15, 0.2) is 0 Å². The maximum Gasteiger partial charge on any atom is 0.246 e. The van der Waals surface area contributed by atoms with Gasteiger partial charge in [0.1, 0.15) is 6.04 Å². The molecule has 3 rings (SSSR count). The molecule has 0 bridgehead atoms. The molecule has 2 heterocycles. The van der Waals surface area contributed by atoms with Gasteiger partial charge in [0.2, 0.25) is 5.91 Å².